The van der Waals surface area contributed by atoms with Crippen molar-refractivity contribution in [1.82, 2.24) is 0 Å². The van der Waals surface area contributed by atoms with Crippen LogP contribution in [0.25, 0.3) is 0 Å². The third-order valence-corrected chi connectivity index (χ3v) is 3.14. The van der Waals surface area contributed by atoms with Crippen molar-refractivity contribution in [3.63, 3.8) is 0 Å². The lowest BCUT2D eigenvalue weighted by Crippen LogP contribution is -2.37. The fourth-order valence-electron chi connectivity index (χ4n) is 1.19. The monoisotopic (exact) mass is 348 g/mol. The maximum absolute atomic E-state index is 12.8. The van der Waals surface area contributed by atoms with E-state index in [1.807, 2.05) is 0 Å². The maximum Gasteiger partial charge on any atom is 0.425 e. The predicted octanol–water partition coefficient (Wildman–Crippen LogP) is 2.81. The van der Waals surface area contributed by atoms with Gasteiger partial charge in [-0.2, -0.15) is 13.2 Å². The van der Waals surface area contributed by atoms with Crippen LogP contribution in [0.4, 0.5) is 13.2 Å². The van der Waals surface area contributed by atoms with Gasteiger partial charge in [0.2, 0.25) is 10.5 Å². The molecule has 0 saturated carbocycles. The molecular weight excluding hydrogens is 333 g/mol. The molecule has 0 radical (unpaired) electrons. The normalized spacial score (nSPS) is 14.0. The van der Waals surface area contributed by atoms with E-state index in [-0.39, 0.29) is 11.0 Å². The van der Waals surface area contributed by atoms with Gasteiger partial charge in [-0.25, -0.2) is 0 Å². The summed E-state index contributed by atoms with van der Waals surface area (Å²) < 4.78 is 52.1. The van der Waals surface area contributed by atoms with Gasteiger partial charge in [-0.3, -0.25) is 9.59 Å². The van der Waals surface area contributed by atoms with Gasteiger partial charge >= 0.3 is 18.1 Å². The third kappa shape index (κ3) is 9.51. The van der Waals surface area contributed by atoms with Crippen LogP contribution in [-0.4, -0.2) is 40.6 Å². The quantitative estimate of drug-likeness (QED) is 0.415. The van der Waals surface area contributed by atoms with Crippen LogP contribution in [0.1, 0.15) is 27.2 Å². The molecule has 0 aromatic heterocycles. The Morgan fingerprint density at radius 2 is 1.71 bits per heavy atom. The van der Waals surface area contributed by atoms with Gasteiger partial charge in [0.25, 0.3) is 0 Å². The zero-order valence-electron chi connectivity index (χ0n) is 11.6. The van der Waals surface area contributed by atoms with Crippen molar-refractivity contribution in [1.29, 1.82) is 0 Å². The Balaban J connectivity index is 4.91. The largest absolute Gasteiger partial charge is 0.479 e. The van der Waals surface area contributed by atoms with Crippen molar-refractivity contribution in [3.05, 3.63) is 0 Å². The lowest BCUT2D eigenvalue weighted by molar-refractivity contribution is -0.224. The molecule has 5 nitrogen and oxygen atoms in total. The van der Waals surface area contributed by atoms with Crippen molar-refractivity contribution >= 4 is 40.3 Å². The molecule has 0 N–H and O–H groups in total. The van der Waals surface area contributed by atoms with Crippen LogP contribution in [0.3, 0.4) is 0 Å². The van der Waals surface area contributed by atoms with Gasteiger partial charge in [-0.15, -0.1) is 0 Å². The molecule has 0 rings (SSSR count). The Bertz CT molecular complexity index is 387. The number of esters is 2. The van der Waals surface area contributed by atoms with Crippen LogP contribution in [0.2, 0.25) is 0 Å². The topological polar surface area (TPSA) is 61.8 Å². The minimum Gasteiger partial charge on any atom is -0.479 e. The average Bonchev–Trinajstić information content (AvgIpc) is 2.25. The molecule has 0 spiro atoms. The number of thioether (sulfide) groups is 1. The third-order valence-electron chi connectivity index (χ3n) is 1.87. The summed E-state index contributed by atoms with van der Waals surface area (Å²) in [4.78, 5) is 21.7. The molecule has 0 aliphatic heterocycles. The molecule has 2 unspecified atom stereocenters. The van der Waals surface area contributed by atoms with Crippen molar-refractivity contribution < 1.29 is 37.0 Å². The Kier molecular flexibility index (Phi) is 8.64. The summed E-state index contributed by atoms with van der Waals surface area (Å²) in [7, 11) is 0. The van der Waals surface area contributed by atoms with Crippen LogP contribution in [0, 0.1) is 0 Å². The van der Waals surface area contributed by atoms with Gasteiger partial charge in [0, 0.05) is 20.3 Å². The molecule has 0 amide bonds. The first-order chi connectivity index (χ1) is 9.56. The highest BCUT2D eigenvalue weighted by Crippen LogP contribution is 2.31. The Hall–Kier alpha value is -1.03. The standard InChI is InChI=1S/C11H15F3O5S2/c1-4-17-10(20)21-9(19-7(3)16)5-8(11(12,13)14)18-6(2)15/h8-9H,4-5H2,1-3H3. The van der Waals surface area contributed by atoms with Gasteiger partial charge in [0.15, 0.2) is 5.44 Å². The summed E-state index contributed by atoms with van der Waals surface area (Å²) >= 11 is 5.42. The molecule has 0 bridgehead atoms. The number of thiocarbonyl (C=S) groups is 1. The molecule has 0 heterocycles. The lowest BCUT2D eigenvalue weighted by Gasteiger charge is -2.24. The van der Waals surface area contributed by atoms with E-state index >= 15 is 0 Å². The van der Waals surface area contributed by atoms with Crippen molar-refractivity contribution in [2.75, 3.05) is 6.61 Å². The van der Waals surface area contributed by atoms with E-state index in [4.69, 9.17) is 21.7 Å². The number of carbonyl (C=O) groups excluding carboxylic acids is 2. The summed E-state index contributed by atoms with van der Waals surface area (Å²) in [5.41, 5.74) is -1.27. The molecule has 122 valence electrons. The smallest absolute Gasteiger partial charge is 0.425 e. The van der Waals surface area contributed by atoms with E-state index in [0.29, 0.717) is 11.8 Å². The molecule has 0 fully saturated rings. The lowest BCUT2D eigenvalue weighted by atomic mass is 10.2. The second kappa shape index (κ2) is 9.08. The second-order valence-electron chi connectivity index (χ2n) is 3.72. The zero-order chi connectivity index (χ0) is 16.6. The fraction of sp³-hybridized carbons (Fsp3) is 0.727. The van der Waals surface area contributed by atoms with E-state index in [1.54, 1.807) is 6.92 Å². The number of alkyl halides is 3. The summed E-state index contributed by atoms with van der Waals surface area (Å²) in [6.07, 6.45) is -7.95. The Labute approximate surface area is 129 Å². The zero-order valence-corrected chi connectivity index (χ0v) is 13.2. The van der Waals surface area contributed by atoms with Gasteiger partial charge in [-0.1, -0.05) is 0 Å². The van der Waals surface area contributed by atoms with Gasteiger partial charge in [0.05, 0.1) is 6.61 Å². The molecule has 0 aromatic carbocycles. The molecule has 0 aliphatic rings. The number of ether oxygens (including phenoxy) is 3. The van der Waals surface area contributed by atoms with Crippen LogP contribution in [0.15, 0.2) is 0 Å². The maximum atomic E-state index is 12.8. The van der Waals surface area contributed by atoms with E-state index in [1.165, 1.54) is 0 Å². The molecule has 0 aromatic rings. The van der Waals surface area contributed by atoms with Crippen molar-refractivity contribution in [2.24, 2.45) is 0 Å². The van der Waals surface area contributed by atoms with Crippen molar-refractivity contribution in [3.8, 4) is 0 Å². The molecular formula is C11H15F3O5S2. The fourth-order valence-corrected chi connectivity index (χ4v) is 2.48. The first-order valence-electron chi connectivity index (χ1n) is 5.80. The van der Waals surface area contributed by atoms with E-state index in [9.17, 15) is 22.8 Å². The molecule has 2 atom stereocenters. The van der Waals surface area contributed by atoms with Crippen molar-refractivity contribution in [2.45, 2.75) is 44.9 Å². The van der Waals surface area contributed by atoms with Gasteiger partial charge in [-0.05, 0) is 30.9 Å². The van der Waals surface area contributed by atoms with E-state index in [0.717, 1.165) is 13.8 Å². The van der Waals surface area contributed by atoms with E-state index < -0.39 is 36.1 Å². The number of rotatable bonds is 6. The molecule has 0 aliphatic carbocycles. The first kappa shape index (κ1) is 20.0. The Morgan fingerprint density at radius 3 is 2.10 bits per heavy atom. The summed E-state index contributed by atoms with van der Waals surface area (Å²) in [6, 6.07) is 0. The highest BCUT2D eigenvalue weighted by molar-refractivity contribution is 8.22. The number of hydrogen-bond donors (Lipinski definition) is 0. The van der Waals surface area contributed by atoms with Crippen LogP contribution in [0.5, 0.6) is 0 Å². The number of carbonyl (C=O) groups is 2. The highest BCUT2D eigenvalue weighted by atomic mass is 32.2. The van der Waals surface area contributed by atoms with Gasteiger partial charge < -0.3 is 14.2 Å². The minimum atomic E-state index is -4.78. The SMILES string of the molecule is CCOC(=S)SC(CC(OC(C)=O)C(F)(F)F)OC(C)=O. The van der Waals surface area contributed by atoms with E-state index in [2.05, 4.69) is 4.74 Å². The second-order valence-corrected chi connectivity index (χ2v) is 5.48. The van der Waals surface area contributed by atoms with Gasteiger partial charge in [0.1, 0.15) is 0 Å². The van der Waals surface area contributed by atoms with Crippen LogP contribution >= 0.6 is 24.0 Å². The molecule has 0 saturated heterocycles. The summed E-state index contributed by atoms with van der Waals surface area (Å²) in [5, 5.41) is 0. The minimum absolute atomic E-state index is 0.0625. The highest BCUT2D eigenvalue weighted by Gasteiger charge is 2.44. The Morgan fingerprint density at radius 1 is 1.19 bits per heavy atom. The molecule has 21 heavy (non-hydrogen) atoms. The first-order valence-corrected chi connectivity index (χ1v) is 7.09. The number of hydrogen-bond acceptors (Lipinski definition) is 7. The number of halogens is 3. The summed E-state index contributed by atoms with van der Waals surface area (Å²) in [5.74, 6) is -1.87. The summed E-state index contributed by atoms with van der Waals surface area (Å²) in [6.45, 7) is 3.78. The predicted molar refractivity (Wildman–Crippen MR) is 73.6 cm³/mol. The van der Waals surface area contributed by atoms with Crippen LogP contribution in [-0.2, 0) is 23.8 Å². The molecule has 10 heteroatoms. The van der Waals surface area contributed by atoms with Crippen LogP contribution < -0.4 is 0 Å². The average molecular weight is 348 g/mol.